The van der Waals surface area contributed by atoms with Crippen LogP contribution in [0, 0.1) is 0 Å². The first-order valence-corrected chi connectivity index (χ1v) is 6.36. The molecule has 1 aliphatic rings. The monoisotopic (exact) mass is 253 g/mol. The molecule has 0 aromatic heterocycles. The zero-order chi connectivity index (χ0) is 12.6. The van der Waals surface area contributed by atoms with Gasteiger partial charge in [-0.3, -0.25) is 4.79 Å². The molecule has 0 aromatic rings. The number of nitrogens with zero attached hydrogens (tertiary/aromatic N) is 1. The summed E-state index contributed by atoms with van der Waals surface area (Å²) in [5, 5.41) is -1.24. The first kappa shape index (κ1) is 13.4. The van der Waals surface area contributed by atoms with Crippen LogP contribution in [0.5, 0.6) is 0 Å². The van der Waals surface area contributed by atoms with Crippen molar-refractivity contribution in [3.63, 3.8) is 0 Å². The van der Waals surface area contributed by atoms with Gasteiger partial charge in [-0.05, 0) is 13.8 Å². The number of rotatable bonds is 4. The summed E-state index contributed by atoms with van der Waals surface area (Å²) in [5.41, 5.74) is -0.620. The van der Waals surface area contributed by atoms with E-state index >= 15 is 0 Å². The Kier molecular flexibility index (Phi) is 3.59. The van der Waals surface area contributed by atoms with Gasteiger partial charge in [0.25, 0.3) is 0 Å². The van der Waals surface area contributed by atoms with E-state index in [0.29, 0.717) is 0 Å². The minimum Gasteiger partial charge on any atom is -0.382 e. The van der Waals surface area contributed by atoms with E-state index in [2.05, 4.69) is 0 Å². The third-order valence-electron chi connectivity index (χ3n) is 2.72. The Morgan fingerprint density at radius 1 is 1.56 bits per heavy atom. The van der Waals surface area contributed by atoms with Crippen molar-refractivity contribution in [3.8, 4) is 0 Å². The third-order valence-corrected chi connectivity index (χ3v) is 3.83. The van der Waals surface area contributed by atoms with E-state index in [1.165, 1.54) is 12.0 Å². The Hall–Kier alpha value is -0.690. The van der Waals surface area contributed by atoms with E-state index in [4.69, 9.17) is 4.74 Å². The second-order valence-corrected chi connectivity index (χ2v) is 6.17. The Labute approximate surface area is 94.8 Å². The lowest BCUT2D eigenvalue weighted by molar-refractivity contribution is -0.133. The number of hydrogen-bond acceptors (Lipinski definition) is 4. The maximum atomic E-state index is 12.8. The first-order chi connectivity index (χ1) is 7.18. The highest BCUT2D eigenvalue weighted by Crippen LogP contribution is 2.26. The Bertz CT molecular complexity index is 379. The third kappa shape index (κ3) is 2.70. The van der Waals surface area contributed by atoms with Crippen LogP contribution in [0.2, 0.25) is 0 Å². The van der Waals surface area contributed by atoms with Crippen LogP contribution in [0.4, 0.5) is 3.89 Å². The number of carbonyl (C=O) groups is 1. The summed E-state index contributed by atoms with van der Waals surface area (Å²) in [6.07, 6.45) is -0.286. The molecule has 1 saturated heterocycles. The van der Waals surface area contributed by atoms with Crippen molar-refractivity contribution in [1.82, 2.24) is 4.90 Å². The minimum absolute atomic E-state index is 0.103. The molecule has 1 atom stereocenters. The average molecular weight is 253 g/mol. The first-order valence-electron chi connectivity index (χ1n) is 4.91. The molecule has 1 amide bonds. The summed E-state index contributed by atoms with van der Waals surface area (Å²) in [6, 6.07) is 0. The van der Waals surface area contributed by atoms with Crippen molar-refractivity contribution in [2.45, 2.75) is 31.1 Å². The van der Waals surface area contributed by atoms with Crippen LogP contribution in [0.3, 0.4) is 0 Å². The summed E-state index contributed by atoms with van der Waals surface area (Å²) >= 11 is 0. The standard InChI is InChI=1S/C9H16FNO4S/c1-9(2,6-15-3)11-5-7(4-8(11)12)16(10,13)14/h7H,4-6H2,1-3H3. The summed E-state index contributed by atoms with van der Waals surface area (Å²) in [5.74, 6) is -0.353. The normalized spacial score (nSPS) is 22.9. The van der Waals surface area contributed by atoms with Gasteiger partial charge in [-0.15, -0.1) is 3.89 Å². The van der Waals surface area contributed by atoms with E-state index in [0.717, 1.165) is 0 Å². The fraction of sp³-hybridized carbons (Fsp3) is 0.889. The molecule has 1 fully saturated rings. The highest BCUT2D eigenvalue weighted by Gasteiger charge is 2.44. The van der Waals surface area contributed by atoms with Crippen LogP contribution >= 0.6 is 0 Å². The Morgan fingerprint density at radius 3 is 2.50 bits per heavy atom. The van der Waals surface area contributed by atoms with Crippen molar-refractivity contribution < 1.29 is 21.8 Å². The van der Waals surface area contributed by atoms with Crippen molar-refractivity contribution in [3.05, 3.63) is 0 Å². The molecule has 16 heavy (non-hydrogen) atoms. The van der Waals surface area contributed by atoms with E-state index in [9.17, 15) is 17.1 Å². The van der Waals surface area contributed by atoms with Crippen LogP contribution < -0.4 is 0 Å². The highest BCUT2D eigenvalue weighted by atomic mass is 32.3. The molecular formula is C9H16FNO4S. The number of carbonyl (C=O) groups excluding carboxylic acids is 1. The highest BCUT2D eigenvalue weighted by molar-refractivity contribution is 7.87. The molecule has 0 saturated carbocycles. The maximum absolute atomic E-state index is 12.8. The van der Waals surface area contributed by atoms with Gasteiger partial charge >= 0.3 is 10.2 Å². The molecule has 94 valence electrons. The van der Waals surface area contributed by atoms with Gasteiger partial charge in [0.1, 0.15) is 5.25 Å². The van der Waals surface area contributed by atoms with Gasteiger partial charge in [-0.25, -0.2) is 0 Å². The van der Waals surface area contributed by atoms with Crippen LogP contribution in [-0.2, 0) is 19.8 Å². The lowest BCUT2D eigenvalue weighted by Crippen LogP contribution is -2.48. The van der Waals surface area contributed by atoms with E-state index in [-0.39, 0.29) is 25.5 Å². The topological polar surface area (TPSA) is 63.7 Å². The largest absolute Gasteiger partial charge is 0.382 e. The fourth-order valence-corrected chi connectivity index (χ4v) is 2.55. The molecule has 0 aromatic carbocycles. The molecule has 7 heteroatoms. The number of ether oxygens (including phenoxy) is 1. The Balaban J connectivity index is 2.83. The van der Waals surface area contributed by atoms with Crippen LogP contribution in [0.15, 0.2) is 0 Å². The van der Waals surface area contributed by atoms with Crippen molar-refractivity contribution >= 4 is 16.1 Å². The number of halogens is 1. The van der Waals surface area contributed by atoms with Gasteiger partial charge in [-0.2, -0.15) is 8.42 Å². The lowest BCUT2D eigenvalue weighted by Gasteiger charge is -2.34. The quantitative estimate of drug-likeness (QED) is 0.676. The predicted molar refractivity (Wildman–Crippen MR) is 56.1 cm³/mol. The number of amides is 1. The maximum Gasteiger partial charge on any atom is 0.307 e. The summed E-state index contributed by atoms with van der Waals surface area (Å²) in [6.45, 7) is 3.68. The molecule has 0 spiro atoms. The van der Waals surface area contributed by atoms with Crippen molar-refractivity contribution in [2.24, 2.45) is 0 Å². The average Bonchev–Trinajstić information content (AvgIpc) is 2.46. The van der Waals surface area contributed by atoms with E-state index in [1.807, 2.05) is 0 Å². The van der Waals surface area contributed by atoms with Gasteiger partial charge in [0.2, 0.25) is 5.91 Å². The van der Waals surface area contributed by atoms with Crippen molar-refractivity contribution in [2.75, 3.05) is 20.3 Å². The van der Waals surface area contributed by atoms with Gasteiger partial charge in [0.15, 0.2) is 0 Å². The zero-order valence-corrected chi connectivity index (χ0v) is 10.4. The van der Waals surface area contributed by atoms with Crippen LogP contribution in [0.1, 0.15) is 20.3 Å². The summed E-state index contributed by atoms with van der Waals surface area (Å²) < 4.78 is 39.2. The minimum atomic E-state index is -4.65. The second-order valence-electron chi connectivity index (χ2n) is 4.55. The molecule has 0 aliphatic carbocycles. The Morgan fingerprint density at radius 2 is 2.12 bits per heavy atom. The molecule has 5 nitrogen and oxygen atoms in total. The molecule has 1 aliphatic heterocycles. The molecule has 0 N–H and O–H groups in total. The van der Waals surface area contributed by atoms with Gasteiger partial charge < -0.3 is 9.64 Å². The van der Waals surface area contributed by atoms with Crippen LogP contribution in [0.25, 0.3) is 0 Å². The molecule has 1 rings (SSSR count). The van der Waals surface area contributed by atoms with Gasteiger partial charge in [0.05, 0.1) is 12.1 Å². The molecule has 0 bridgehead atoms. The lowest BCUT2D eigenvalue weighted by atomic mass is 10.1. The molecule has 0 radical (unpaired) electrons. The smallest absolute Gasteiger partial charge is 0.307 e. The van der Waals surface area contributed by atoms with Gasteiger partial charge in [-0.1, -0.05) is 0 Å². The van der Waals surface area contributed by atoms with Crippen LogP contribution in [-0.4, -0.2) is 50.3 Å². The molecular weight excluding hydrogens is 237 g/mol. The molecule has 1 heterocycles. The van der Waals surface area contributed by atoms with E-state index in [1.54, 1.807) is 13.8 Å². The van der Waals surface area contributed by atoms with Gasteiger partial charge in [0, 0.05) is 20.1 Å². The summed E-state index contributed by atoms with van der Waals surface area (Å²) in [4.78, 5) is 13.0. The predicted octanol–water partition coefficient (Wildman–Crippen LogP) is 0.312. The number of likely N-dealkylation sites (tertiary alicyclic amines) is 1. The SMILES string of the molecule is COCC(C)(C)N1CC(S(=O)(=O)F)CC1=O. The fourth-order valence-electron chi connectivity index (χ4n) is 1.88. The number of methoxy groups -OCH3 is 1. The second kappa shape index (κ2) is 4.29. The van der Waals surface area contributed by atoms with Crippen molar-refractivity contribution in [1.29, 1.82) is 0 Å². The zero-order valence-electron chi connectivity index (χ0n) is 9.57. The number of hydrogen-bond donors (Lipinski definition) is 0. The van der Waals surface area contributed by atoms with E-state index < -0.39 is 21.0 Å². The summed E-state index contributed by atoms with van der Waals surface area (Å²) in [7, 11) is -3.16. The molecule has 1 unspecified atom stereocenters.